The molecule has 226 valence electrons. The second kappa shape index (κ2) is 10.1. The van der Waals surface area contributed by atoms with E-state index in [4.69, 9.17) is 5.73 Å². The summed E-state index contributed by atoms with van der Waals surface area (Å²) in [4.78, 5) is 4.94. The van der Waals surface area contributed by atoms with Crippen molar-refractivity contribution < 1.29 is 0 Å². The van der Waals surface area contributed by atoms with Gasteiger partial charge in [-0.15, -0.1) is 0 Å². The molecule has 2 aliphatic heterocycles. The summed E-state index contributed by atoms with van der Waals surface area (Å²) in [7, 11) is 0. The average molecular weight is 624 g/mol. The summed E-state index contributed by atoms with van der Waals surface area (Å²) >= 11 is 1.84. The van der Waals surface area contributed by atoms with Gasteiger partial charge in [0.05, 0.1) is 28.0 Å². The van der Waals surface area contributed by atoms with Gasteiger partial charge in [-0.3, -0.25) is 0 Å². The summed E-state index contributed by atoms with van der Waals surface area (Å²) in [6.07, 6.45) is 1.57. The molecule has 1 aliphatic carbocycles. The Hall–Kier alpha value is -5.24. The van der Waals surface area contributed by atoms with E-state index in [0.717, 1.165) is 24.1 Å². The molecule has 0 fully saturated rings. The Balaban J connectivity index is 1.36. The number of nitrogens with zero attached hydrogens (tertiary/aromatic N) is 2. The van der Waals surface area contributed by atoms with E-state index in [2.05, 4.69) is 146 Å². The lowest BCUT2D eigenvalue weighted by Crippen LogP contribution is -2.35. The molecule has 3 aliphatic rings. The number of hydrogen-bond donors (Lipinski definition) is 1. The van der Waals surface area contributed by atoms with Crippen LogP contribution in [0.15, 0.2) is 137 Å². The molecule has 3 nitrogen and oxygen atoms in total. The van der Waals surface area contributed by atoms with Crippen molar-refractivity contribution in [3.63, 3.8) is 0 Å². The number of nitrogen functional groups attached to an aromatic ring is 1. The van der Waals surface area contributed by atoms with Crippen LogP contribution >= 0.6 is 11.8 Å². The Morgan fingerprint density at radius 2 is 1.19 bits per heavy atom. The van der Waals surface area contributed by atoms with Crippen LogP contribution in [0.25, 0.3) is 0 Å². The highest BCUT2D eigenvalue weighted by atomic mass is 32.2. The summed E-state index contributed by atoms with van der Waals surface area (Å²) in [6, 6.07) is 48.9. The SMILES string of the molecule is CC1(C)c2ccccc2N(c2ccc3c(c2)CCc2c(ccc(C#N)c2N)C32c3ccccc3Sc3ccccc32)c2ccccc21. The van der Waals surface area contributed by atoms with Crippen molar-refractivity contribution in [1.82, 2.24) is 0 Å². The highest BCUT2D eigenvalue weighted by Gasteiger charge is 2.48. The Morgan fingerprint density at radius 3 is 1.81 bits per heavy atom. The first-order chi connectivity index (χ1) is 22.9. The summed E-state index contributed by atoms with van der Waals surface area (Å²) in [5, 5.41) is 10.0. The first-order valence-corrected chi connectivity index (χ1v) is 17.1. The quantitative estimate of drug-likeness (QED) is 0.185. The first-order valence-electron chi connectivity index (χ1n) is 16.3. The first kappa shape index (κ1) is 28.0. The minimum absolute atomic E-state index is 0.121. The normalized spacial score (nSPS) is 16.0. The van der Waals surface area contributed by atoms with Gasteiger partial charge >= 0.3 is 0 Å². The molecule has 0 amide bonds. The van der Waals surface area contributed by atoms with Gasteiger partial charge in [-0.2, -0.15) is 5.26 Å². The predicted molar refractivity (Wildman–Crippen MR) is 192 cm³/mol. The Morgan fingerprint density at radius 1 is 0.638 bits per heavy atom. The molecule has 0 bridgehead atoms. The van der Waals surface area contributed by atoms with Gasteiger partial charge in [-0.25, -0.2) is 0 Å². The number of rotatable bonds is 1. The minimum atomic E-state index is -0.583. The molecular weight excluding hydrogens is 591 g/mol. The molecule has 6 aromatic carbocycles. The number of fused-ring (bicyclic) bond motifs is 10. The van der Waals surface area contributed by atoms with E-state index in [1.165, 1.54) is 60.1 Å². The number of anilines is 4. The highest BCUT2D eigenvalue weighted by Crippen LogP contribution is 2.59. The number of hydrogen-bond acceptors (Lipinski definition) is 4. The van der Waals surface area contributed by atoms with Crippen LogP contribution in [0.2, 0.25) is 0 Å². The van der Waals surface area contributed by atoms with E-state index in [1.807, 2.05) is 17.8 Å². The lowest BCUT2D eigenvalue weighted by atomic mass is 9.63. The number of nitrogens with two attached hydrogens (primary N) is 1. The zero-order valence-corrected chi connectivity index (χ0v) is 27.2. The molecule has 0 radical (unpaired) electrons. The van der Waals surface area contributed by atoms with E-state index in [1.54, 1.807) is 0 Å². The fourth-order valence-electron chi connectivity index (χ4n) is 8.60. The van der Waals surface area contributed by atoms with Crippen LogP contribution in [0.5, 0.6) is 0 Å². The monoisotopic (exact) mass is 623 g/mol. The van der Waals surface area contributed by atoms with Gasteiger partial charge in [0, 0.05) is 20.9 Å². The molecule has 47 heavy (non-hydrogen) atoms. The second-order valence-electron chi connectivity index (χ2n) is 13.3. The predicted octanol–water partition coefficient (Wildman–Crippen LogP) is 10.2. The molecule has 6 aromatic rings. The second-order valence-corrected chi connectivity index (χ2v) is 14.4. The fourth-order valence-corrected chi connectivity index (χ4v) is 9.79. The summed E-state index contributed by atoms with van der Waals surface area (Å²) in [6.45, 7) is 4.66. The lowest BCUT2D eigenvalue weighted by molar-refractivity contribution is 0.632. The molecule has 0 atom stereocenters. The van der Waals surface area contributed by atoms with Crippen LogP contribution in [-0.2, 0) is 23.7 Å². The molecule has 4 heteroatoms. The maximum atomic E-state index is 10.0. The van der Waals surface area contributed by atoms with Crippen molar-refractivity contribution in [3.8, 4) is 6.07 Å². The average Bonchev–Trinajstić information content (AvgIpc) is 3.24. The molecule has 2 N–H and O–H groups in total. The number of benzene rings is 6. The van der Waals surface area contributed by atoms with Gasteiger partial charge < -0.3 is 10.6 Å². The maximum Gasteiger partial charge on any atom is 0.101 e. The number of aryl methyl sites for hydroxylation is 1. The largest absolute Gasteiger partial charge is 0.397 e. The Labute approximate surface area is 280 Å². The molecule has 0 aromatic heterocycles. The van der Waals surface area contributed by atoms with E-state index in [9.17, 15) is 5.26 Å². The van der Waals surface area contributed by atoms with Crippen LogP contribution in [0, 0.1) is 11.3 Å². The third-order valence-corrected chi connectivity index (χ3v) is 11.9. The zero-order valence-electron chi connectivity index (χ0n) is 26.4. The van der Waals surface area contributed by atoms with Crippen LogP contribution in [0.4, 0.5) is 22.7 Å². The van der Waals surface area contributed by atoms with E-state index in [-0.39, 0.29) is 5.41 Å². The van der Waals surface area contributed by atoms with Crippen molar-refractivity contribution in [2.24, 2.45) is 0 Å². The van der Waals surface area contributed by atoms with Gasteiger partial charge in [0.15, 0.2) is 0 Å². The molecule has 0 saturated carbocycles. The van der Waals surface area contributed by atoms with Crippen molar-refractivity contribution in [3.05, 3.63) is 177 Å². The topological polar surface area (TPSA) is 53.0 Å². The van der Waals surface area contributed by atoms with Gasteiger partial charge in [0.1, 0.15) is 6.07 Å². The minimum Gasteiger partial charge on any atom is -0.397 e. The van der Waals surface area contributed by atoms with E-state index < -0.39 is 5.41 Å². The highest BCUT2D eigenvalue weighted by molar-refractivity contribution is 7.99. The summed E-state index contributed by atoms with van der Waals surface area (Å²) in [5.74, 6) is 0. The third-order valence-electron chi connectivity index (χ3n) is 10.7. The van der Waals surface area contributed by atoms with E-state index >= 15 is 0 Å². The maximum absolute atomic E-state index is 10.0. The van der Waals surface area contributed by atoms with Crippen molar-refractivity contribution in [1.29, 1.82) is 5.26 Å². The zero-order chi connectivity index (χ0) is 31.9. The summed E-state index contributed by atoms with van der Waals surface area (Å²) in [5.41, 5.74) is 20.9. The molecule has 9 rings (SSSR count). The van der Waals surface area contributed by atoms with Crippen molar-refractivity contribution in [2.45, 2.75) is 47.3 Å². The third kappa shape index (κ3) is 3.75. The Kier molecular flexibility index (Phi) is 6.04. The van der Waals surface area contributed by atoms with Gasteiger partial charge in [0.2, 0.25) is 0 Å². The van der Waals surface area contributed by atoms with Crippen LogP contribution in [0.3, 0.4) is 0 Å². The van der Waals surface area contributed by atoms with Gasteiger partial charge in [-0.1, -0.05) is 111 Å². The molecule has 1 spiro atoms. The molecular formula is C43H33N3S. The standard InChI is InChI=1S/C43H33N3S/c1-42(2)33-11-3-7-15-37(33)46(38-16-8-4-12-34(38)42)29-21-24-31-27(25-29)19-22-30-32(23-20-28(26-44)41(30)45)43(31)35-13-5-9-17-39(35)47-40-18-10-6-14-36(40)43/h3-18,20-21,23-25H,19,22,45H2,1-2H3. The van der Waals surface area contributed by atoms with E-state index in [0.29, 0.717) is 11.3 Å². The van der Waals surface area contributed by atoms with Crippen molar-refractivity contribution >= 4 is 34.5 Å². The Bertz CT molecular complexity index is 2210. The number of para-hydroxylation sites is 2. The molecule has 0 saturated heterocycles. The lowest BCUT2D eigenvalue weighted by Gasteiger charge is -2.44. The number of nitriles is 1. The van der Waals surface area contributed by atoms with Crippen LogP contribution in [0.1, 0.15) is 63.9 Å². The molecule has 2 heterocycles. The van der Waals surface area contributed by atoms with Gasteiger partial charge in [0.25, 0.3) is 0 Å². The fraction of sp³-hybridized carbons (Fsp3) is 0.140. The van der Waals surface area contributed by atoms with Crippen LogP contribution in [-0.4, -0.2) is 0 Å². The van der Waals surface area contributed by atoms with Crippen LogP contribution < -0.4 is 10.6 Å². The van der Waals surface area contributed by atoms with Gasteiger partial charge in [-0.05, 0) is 99.8 Å². The smallest absolute Gasteiger partial charge is 0.101 e. The summed E-state index contributed by atoms with van der Waals surface area (Å²) < 4.78 is 0. The molecule has 0 unspecified atom stereocenters. The van der Waals surface area contributed by atoms with Crippen molar-refractivity contribution in [2.75, 3.05) is 10.6 Å².